The van der Waals surface area contributed by atoms with E-state index in [0.717, 1.165) is 23.0 Å². The first-order valence-electron chi connectivity index (χ1n) is 7.05. The fourth-order valence-electron chi connectivity index (χ4n) is 2.39. The number of aryl methyl sites for hydroxylation is 1. The minimum Gasteiger partial charge on any atom is -0.469 e. The van der Waals surface area contributed by atoms with Crippen molar-refractivity contribution in [3.05, 3.63) is 34.9 Å². The molecule has 0 bridgehead atoms. The highest BCUT2D eigenvalue weighted by Crippen LogP contribution is 2.38. The summed E-state index contributed by atoms with van der Waals surface area (Å²) in [6.45, 7) is 5.52. The molecule has 4 heteroatoms. The zero-order chi connectivity index (χ0) is 16.8. The van der Waals surface area contributed by atoms with E-state index < -0.39 is 11.5 Å². The van der Waals surface area contributed by atoms with E-state index in [1.165, 1.54) is 7.11 Å². The smallest absolute Gasteiger partial charge is 0.314 e. The second-order valence-corrected chi connectivity index (χ2v) is 5.67. The van der Waals surface area contributed by atoms with Gasteiger partial charge in [0.1, 0.15) is 12.9 Å². The molecule has 1 aromatic carbocycles. The number of carbonyl (C=O) groups excluding carboxylic acids is 2. The quantitative estimate of drug-likeness (QED) is 0.441. The number of esters is 1. The maximum absolute atomic E-state index is 12.1. The minimum absolute atomic E-state index is 0.0853. The third-order valence-corrected chi connectivity index (χ3v) is 3.68. The summed E-state index contributed by atoms with van der Waals surface area (Å²) in [4.78, 5) is 22.9. The highest BCUT2D eigenvalue weighted by molar-refractivity contribution is 5.77. The van der Waals surface area contributed by atoms with Crippen LogP contribution < -0.4 is 0 Å². The van der Waals surface area contributed by atoms with Crippen molar-refractivity contribution < 1.29 is 19.1 Å². The predicted molar refractivity (Wildman–Crippen MR) is 84.3 cm³/mol. The Kier molecular flexibility index (Phi) is 6.33. The van der Waals surface area contributed by atoms with Crippen LogP contribution in [-0.4, -0.2) is 26.0 Å². The molecule has 1 rings (SSSR count). The maximum atomic E-state index is 12.1. The average Bonchev–Trinajstić information content (AvgIpc) is 2.49. The molecule has 0 saturated carbocycles. The standard InChI is InChI=1S/C18H22O4/c1-6-11-22-16(18(3,4)17(20)21-5)15-8-7-13(2)14(12-15)9-10-19/h1,7-8,10,12,16H,9,11H2,2-5H3. The van der Waals surface area contributed by atoms with Crippen LogP contribution in [0.5, 0.6) is 0 Å². The van der Waals surface area contributed by atoms with Gasteiger partial charge in [0, 0.05) is 6.42 Å². The molecule has 0 fully saturated rings. The normalized spacial score (nSPS) is 12.3. The Morgan fingerprint density at radius 1 is 1.45 bits per heavy atom. The van der Waals surface area contributed by atoms with Gasteiger partial charge in [-0.3, -0.25) is 4.79 Å². The lowest BCUT2D eigenvalue weighted by molar-refractivity contribution is -0.160. The van der Waals surface area contributed by atoms with Crippen molar-refractivity contribution in [1.82, 2.24) is 0 Å². The molecular formula is C18H22O4. The van der Waals surface area contributed by atoms with Gasteiger partial charge in [-0.25, -0.2) is 0 Å². The molecule has 0 spiro atoms. The van der Waals surface area contributed by atoms with Gasteiger partial charge in [-0.05, 0) is 37.5 Å². The van der Waals surface area contributed by atoms with Gasteiger partial charge in [0.2, 0.25) is 0 Å². The molecule has 0 aliphatic rings. The Bertz CT molecular complexity index is 581. The Labute approximate surface area is 131 Å². The third kappa shape index (κ3) is 3.96. The average molecular weight is 302 g/mol. The molecule has 0 aliphatic carbocycles. The number of ether oxygens (including phenoxy) is 2. The van der Waals surface area contributed by atoms with Crippen LogP contribution >= 0.6 is 0 Å². The summed E-state index contributed by atoms with van der Waals surface area (Å²) < 4.78 is 10.6. The van der Waals surface area contributed by atoms with Gasteiger partial charge in [0.15, 0.2) is 0 Å². The number of hydrogen-bond acceptors (Lipinski definition) is 4. The summed E-state index contributed by atoms with van der Waals surface area (Å²) in [5, 5.41) is 0. The van der Waals surface area contributed by atoms with Gasteiger partial charge in [-0.2, -0.15) is 0 Å². The summed E-state index contributed by atoms with van der Waals surface area (Å²) in [5.41, 5.74) is 1.82. The predicted octanol–water partition coefficient (Wildman–Crippen LogP) is 2.63. The molecule has 0 heterocycles. The second-order valence-electron chi connectivity index (χ2n) is 5.67. The van der Waals surface area contributed by atoms with Gasteiger partial charge in [0.25, 0.3) is 0 Å². The molecule has 1 atom stereocenters. The summed E-state index contributed by atoms with van der Waals surface area (Å²) in [6.07, 6.45) is 5.89. The van der Waals surface area contributed by atoms with Gasteiger partial charge in [-0.15, -0.1) is 6.42 Å². The van der Waals surface area contributed by atoms with E-state index in [2.05, 4.69) is 5.92 Å². The summed E-state index contributed by atoms with van der Waals surface area (Å²) in [6, 6.07) is 5.68. The number of methoxy groups -OCH3 is 1. The summed E-state index contributed by atoms with van der Waals surface area (Å²) in [5.74, 6) is 2.04. The van der Waals surface area contributed by atoms with Gasteiger partial charge in [0.05, 0.1) is 18.6 Å². The van der Waals surface area contributed by atoms with E-state index in [1.54, 1.807) is 13.8 Å². The second kappa shape index (κ2) is 7.77. The van der Waals surface area contributed by atoms with Gasteiger partial charge >= 0.3 is 5.97 Å². The molecule has 1 aromatic rings. The molecule has 22 heavy (non-hydrogen) atoms. The van der Waals surface area contributed by atoms with Crippen LogP contribution in [0.3, 0.4) is 0 Å². The van der Waals surface area contributed by atoms with Crippen LogP contribution in [0.4, 0.5) is 0 Å². The van der Waals surface area contributed by atoms with Crippen molar-refractivity contribution >= 4 is 12.3 Å². The monoisotopic (exact) mass is 302 g/mol. The van der Waals surface area contributed by atoms with Gasteiger partial charge in [-0.1, -0.05) is 24.1 Å². The van der Waals surface area contributed by atoms with E-state index in [4.69, 9.17) is 15.9 Å². The number of aldehydes is 1. The van der Waals surface area contributed by atoms with E-state index in [0.29, 0.717) is 6.42 Å². The first kappa shape index (κ1) is 17.9. The number of hydrogen-bond donors (Lipinski definition) is 0. The molecule has 0 radical (unpaired) electrons. The van der Waals surface area contributed by atoms with E-state index in [-0.39, 0.29) is 12.6 Å². The maximum Gasteiger partial charge on any atom is 0.314 e. The Morgan fingerprint density at radius 3 is 2.68 bits per heavy atom. The molecule has 118 valence electrons. The van der Waals surface area contributed by atoms with Gasteiger partial charge < -0.3 is 14.3 Å². The Balaban J connectivity index is 3.28. The minimum atomic E-state index is -0.903. The van der Waals surface area contributed by atoms with E-state index in [1.807, 2.05) is 25.1 Å². The number of benzene rings is 1. The number of rotatable bonds is 7. The Hall–Kier alpha value is -2.12. The molecule has 1 unspecified atom stereocenters. The summed E-state index contributed by atoms with van der Waals surface area (Å²) >= 11 is 0. The zero-order valence-electron chi connectivity index (χ0n) is 13.5. The molecule has 0 aromatic heterocycles. The number of terminal acetylenes is 1. The number of carbonyl (C=O) groups is 2. The van der Waals surface area contributed by atoms with Crippen LogP contribution in [0.15, 0.2) is 18.2 Å². The fraction of sp³-hybridized carbons (Fsp3) is 0.444. The molecule has 0 amide bonds. The molecule has 0 saturated heterocycles. The van der Waals surface area contributed by atoms with Crippen molar-refractivity contribution in [3.8, 4) is 12.3 Å². The summed E-state index contributed by atoms with van der Waals surface area (Å²) in [7, 11) is 1.34. The first-order chi connectivity index (χ1) is 10.4. The third-order valence-electron chi connectivity index (χ3n) is 3.68. The molecule has 4 nitrogen and oxygen atoms in total. The first-order valence-corrected chi connectivity index (χ1v) is 7.05. The Morgan fingerprint density at radius 2 is 2.14 bits per heavy atom. The molecule has 0 N–H and O–H groups in total. The highest BCUT2D eigenvalue weighted by atomic mass is 16.5. The van der Waals surface area contributed by atoms with Crippen LogP contribution in [0.25, 0.3) is 0 Å². The largest absolute Gasteiger partial charge is 0.469 e. The van der Waals surface area contributed by atoms with Crippen LogP contribution in [0.1, 0.15) is 36.6 Å². The van der Waals surface area contributed by atoms with Crippen LogP contribution in [-0.2, 0) is 25.5 Å². The molecular weight excluding hydrogens is 280 g/mol. The highest BCUT2D eigenvalue weighted by Gasteiger charge is 2.40. The van der Waals surface area contributed by atoms with E-state index in [9.17, 15) is 9.59 Å². The zero-order valence-corrected chi connectivity index (χ0v) is 13.5. The topological polar surface area (TPSA) is 52.6 Å². The van der Waals surface area contributed by atoms with Crippen LogP contribution in [0, 0.1) is 24.7 Å². The van der Waals surface area contributed by atoms with E-state index >= 15 is 0 Å². The van der Waals surface area contributed by atoms with Crippen molar-refractivity contribution in [2.45, 2.75) is 33.3 Å². The van der Waals surface area contributed by atoms with Crippen LogP contribution in [0.2, 0.25) is 0 Å². The molecule has 0 aliphatic heterocycles. The van der Waals surface area contributed by atoms with Crippen molar-refractivity contribution in [3.63, 3.8) is 0 Å². The lowest BCUT2D eigenvalue weighted by Crippen LogP contribution is -2.34. The lowest BCUT2D eigenvalue weighted by atomic mass is 9.81. The lowest BCUT2D eigenvalue weighted by Gasteiger charge is -2.32. The van der Waals surface area contributed by atoms with Crippen molar-refractivity contribution in [2.75, 3.05) is 13.7 Å². The van der Waals surface area contributed by atoms with Crippen molar-refractivity contribution in [1.29, 1.82) is 0 Å². The van der Waals surface area contributed by atoms with Crippen molar-refractivity contribution in [2.24, 2.45) is 5.41 Å². The fourth-order valence-corrected chi connectivity index (χ4v) is 2.39. The SMILES string of the molecule is C#CCOC(c1ccc(C)c(CC=O)c1)C(C)(C)C(=O)OC.